The van der Waals surface area contributed by atoms with Crippen LogP contribution in [0.5, 0.6) is 0 Å². The molecule has 0 radical (unpaired) electrons. The van der Waals surface area contributed by atoms with Crippen molar-refractivity contribution in [3.05, 3.63) is 40.9 Å². The molecule has 1 heterocycles. The summed E-state index contributed by atoms with van der Waals surface area (Å²) in [4.78, 5) is 41.7. The summed E-state index contributed by atoms with van der Waals surface area (Å²) in [5, 5.41) is 0.574. The number of hydrogen-bond donors (Lipinski definition) is 0. The monoisotopic (exact) mass is 345 g/mol. The smallest absolute Gasteiger partial charge is 0.307 e. The number of amides is 1. The molecule has 0 bridgehead atoms. The molecule has 0 aliphatic carbocycles. The van der Waals surface area contributed by atoms with Crippen LogP contribution >= 0.6 is 0 Å². The fourth-order valence-corrected chi connectivity index (χ4v) is 2.61. The number of hydrogen-bond acceptors (Lipinski definition) is 5. The second kappa shape index (κ2) is 8.96. The number of methoxy groups -OCH3 is 1. The van der Waals surface area contributed by atoms with E-state index >= 15 is 0 Å². The van der Waals surface area contributed by atoms with Crippen molar-refractivity contribution in [3.63, 3.8) is 0 Å². The zero-order valence-electron chi connectivity index (χ0n) is 14.6. The minimum atomic E-state index is -0.333. The van der Waals surface area contributed by atoms with E-state index in [0.29, 0.717) is 43.4 Å². The number of aryl methyl sites for hydroxylation is 1. The molecular weight excluding hydrogens is 322 g/mol. The van der Waals surface area contributed by atoms with Crippen molar-refractivity contribution in [1.29, 1.82) is 0 Å². The number of carbonyl (C=O) groups excluding carboxylic acids is 2. The Kier molecular flexibility index (Phi) is 6.68. The normalized spacial score (nSPS) is 10.6. The van der Waals surface area contributed by atoms with Crippen molar-refractivity contribution in [2.24, 2.45) is 0 Å². The summed E-state index contributed by atoms with van der Waals surface area (Å²) in [7, 11) is 1.33. The van der Waals surface area contributed by atoms with Crippen LogP contribution in [-0.2, 0) is 20.9 Å². The van der Waals surface area contributed by atoms with Gasteiger partial charge < -0.3 is 9.64 Å². The Hall–Kier alpha value is -2.70. The van der Waals surface area contributed by atoms with Gasteiger partial charge in [0.25, 0.3) is 5.56 Å². The number of aromatic nitrogens is 2. The van der Waals surface area contributed by atoms with Gasteiger partial charge >= 0.3 is 5.97 Å². The highest BCUT2D eigenvalue weighted by atomic mass is 16.5. The van der Waals surface area contributed by atoms with E-state index in [0.717, 1.165) is 0 Å². The average Bonchev–Trinajstić information content (AvgIpc) is 2.64. The first-order valence-corrected chi connectivity index (χ1v) is 8.35. The second-order valence-corrected chi connectivity index (χ2v) is 5.66. The molecule has 1 amide bonds. The van der Waals surface area contributed by atoms with Gasteiger partial charge in [-0.05, 0) is 25.5 Å². The Labute approximate surface area is 146 Å². The van der Waals surface area contributed by atoms with Crippen LogP contribution in [0, 0.1) is 0 Å². The molecule has 0 aliphatic rings. The number of carbonyl (C=O) groups is 2. The molecule has 0 spiro atoms. The summed E-state index contributed by atoms with van der Waals surface area (Å²) in [6, 6.07) is 7.19. The van der Waals surface area contributed by atoms with E-state index in [-0.39, 0.29) is 23.9 Å². The van der Waals surface area contributed by atoms with E-state index < -0.39 is 0 Å². The highest BCUT2D eigenvalue weighted by Crippen LogP contribution is 2.06. The van der Waals surface area contributed by atoms with Crippen LogP contribution in [0.25, 0.3) is 10.9 Å². The fourth-order valence-electron chi connectivity index (χ4n) is 2.61. The third-order valence-electron chi connectivity index (χ3n) is 4.07. The molecule has 134 valence electrons. The average molecular weight is 345 g/mol. The molecule has 0 aliphatic heterocycles. The first-order chi connectivity index (χ1) is 12.1. The van der Waals surface area contributed by atoms with Gasteiger partial charge in [-0.25, -0.2) is 4.98 Å². The Balaban J connectivity index is 1.91. The summed E-state index contributed by atoms with van der Waals surface area (Å²) in [5.74, 6) is -0.367. The van der Waals surface area contributed by atoms with E-state index in [1.54, 1.807) is 23.1 Å². The number of ether oxygens (including phenoxy) is 1. The Morgan fingerprint density at radius 1 is 1.24 bits per heavy atom. The predicted octanol–water partition coefficient (Wildman–Crippen LogP) is 1.59. The molecule has 1 aromatic heterocycles. The lowest BCUT2D eigenvalue weighted by Crippen LogP contribution is -2.33. The van der Waals surface area contributed by atoms with Crippen LogP contribution in [0.1, 0.15) is 26.2 Å². The number of rotatable bonds is 8. The van der Waals surface area contributed by atoms with E-state index in [2.05, 4.69) is 9.72 Å². The second-order valence-electron chi connectivity index (χ2n) is 5.66. The Bertz CT molecular complexity index is 800. The lowest BCUT2D eigenvalue weighted by molar-refractivity contribution is -0.141. The van der Waals surface area contributed by atoms with Crippen LogP contribution in [0.3, 0.4) is 0 Å². The number of benzene rings is 1. The van der Waals surface area contributed by atoms with E-state index in [9.17, 15) is 14.4 Å². The van der Waals surface area contributed by atoms with Crippen molar-refractivity contribution >= 4 is 22.8 Å². The lowest BCUT2D eigenvalue weighted by atomic mass is 10.2. The third kappa shape index (κ3) is 4.89. The number of esters is 1. The molecule has 7 nitrogen and oxygen atoms in total. The Morgan fingerprint density at radius 3 is 2.72 bits per heavy atom. The molecular formula is C18H23N3O4. The number of fused-ring (bicyclic) bond motifs is 1. The fraction of sp³-hybridized carbons (Fsp3) is 0.444. The summed E-state index contributed by atoms with van der Waals surface area (Å²) in [6.45, 7) is 3.18. The molecule has 25 heavy (non-hydrogen) atoms. The Morgan fingerprint density at radius 2 is 2.00 bits per heavy atom. The zero-order valence-corrected chi connectivity index (χ0v) is 14.6. The van der Waals surface area contributed by atoms with Gasteiger partial charge in [-0.15, -0.1) is 0 Å². The first-order valence-electron chi connectivity index (χ1n) is 8.35. The molecule has 0 N–H and O–H groups in total. The maximum absolute atomic E-state index is 12.4. The minimum Gasteiger partial charge on any atom is -0.469 e. The van der Waals surface area contributed by atoms with Crippen LogP contribution in [0.2, 0.25) is 0 Å². The van der Waals surface area contributed by atoms with Crippen molar-refractivity contribution in [1.82, 2.24) is 14.5 Å². The molecule has 2 rings (SSSR count). The maximum Gasteiger partial charge on any atom is 0.307 e. The van der Waals surface area contributed by atoms with E-state index in [1.165, 1.54) is 18.0 Å². The van der Waals surface area contributed by atoms with Crippen molar-refractivity contribution in [2.45, 2.75) is 32.7 Å². The first kappa shape index (κ1) is 18.6. The van der Waals surface area contributed by atoms with Gasteiger partial charge in [0.2, 0.25) is 5.91 Å². The summed E-state index contributed by atoms with van der Waals surface area (Å²) in [5.41, 5.74) is 0.566. The molecule has 0 saturated carbocycles. The SMILES string of the molecule is CCN(CCC(=O)OC)C(=O)CCCn1cnc2ccccc2c1=O. The van der Waals surface area contributed by atoms with Gasteiger partial charge in [0.15, 0.2) is 0 Å². The summed E-state index contributed by atoms with van der Waals surface area (Å²) in [6.07, 6.45) is 2.55. The predicted molar refractivity (Wildman–Crippen MR) is 94.1 cm³/mol. The van der Waals surface area contributed by atoms with Crippen LogP contribution < -0.4 is 5.56 Å². The maximum atomic E-state index is 12.4. The van der Waals surface area contributed by atoms with Gasteiger partial charge in [-0.2, -0.15) is 0 Å². The van der Waals surface area contributed by atoms with Gasteiger partial charge in [-0.1, -0.05) is 12.1 Å². The standard InChI is InChI=1S/C18H23N3O4/c1-3-20(12-10-17(23)25-2)16(22)9-6-11-21-13-19-15-8-5-4-7-14(15)18(21)24/h4-5,7-8,13H,3,6,9-12H2,1-2H3. The lowest BCUT2D eigenvalue weighted by Gasteiger charge is -2.20. The van der Waals surface area contributed by atoms with Crippen LogP contribution in [-0.4, -0.2) is 46.5 Å². The van der Waals surface area contributed by atoms with Gasteiger partial charge in [0.05, 0.1) is 30.8 Å². The highest BCUT2D eigenvalue weighted by molar-refractivity contribution is 5.77. The highest BCUT2D eigenvalue weighted by Gasteiger charge is 2.13. The summed E-state index contributed by atoms with van der Waals surface area (Å²) < 4.78 is 6.12. The molecule has 0 unspecified atom stereocenters. The van der Waals surface area contributed by atoms with Crippen molar-refractivity contribution in [3.8, 4) is 0 Å². The van der Waals surface area contributed by atoms with Gasteiger partial charge in [0, 0.05) is 26.1 Å². The topological polar surface area (TPSA) is 81.5 Å². The molecule has 2 aromatic rings. The van der Waals surface area contributed by atoms with E-state index in [1.807, 2.05) is 13.0 Å². The molecule has 0 saturated heterocycles. The number of para-hydroxylation sites is 1. The molecule has 0 fully saturated rings. The van der Waals surface area contributed by atoms with Gasteiger partial charge in [-0.3, -0.25) is 19.0 Å². The number of nitrogens with zero attached hydrogens (tertiary/aromatic N) is 3. The van der Waals surface area contributed by atoms with Crippen molar-refractivity contribution in [2.75, 3.05) is 20.2 Å². The molecule has 7 heteroatoms. The molecule has 1 aromatic carbocycles. The van der Waals surface area contributed by atoms with Gasteiger partial charge in [0.1, 0.15) is 0 Å². The van der Waals surface area contributed by atoms with Crippen LogP contribution in [0.4, 0.5) is 0 Å². The summed E-state index contributed by atoms with van der Waals surface area (Å²) >= 11 is 0. The third-order valence-corrected chi connectivity index (χ3v) is 4.07. The van der Waals surface area contributed by atoms with Crippen molar-refractivity contribution < 1.29 is 14.3 Å². The largest absolute Gasteiger partial charge is 0.469 e. The molecule has 0 atom stereocenters. The zero-order chi connectivity index (χ0) is 18.2. The van der Waals surface area contributed by atoms with E-state index in [4.69, 9.17) is 0 Å². The van der Waals surface area contributed by atoms with Crippen LogP contribution in [0.15, 0.2) is 35.4 Å². The minimum absolute atomic E-state index is 0.0341. The quantitative estimate of drug-likeness (QED) is 0.679.